The van der Waals surface area contributed by atoms with Crippen LogP contribution < -0.4 is 10.1 Å². The fourth-order valence-electron chi connectivity index (χ4n) is 7.64. The van der Waals surface area contributed by atoms with Crippen LogP contribution in [0.15, 0.2) is 72.8 Å². The minimum Gasteiger partial charge on any atom is -0.490 e. The molecule has 4 atom stereocenters. The minimum absolute atomic E-state index is 0.0363. The van der Waals surface area contributed by atoms with Gasteiger partial charge in [-0.1, -0.05) is 36.8 Å². The van der Waals surface area contributed by atoms with Crippen molar-refractivity contribution in [2.24, 2.45) is 5.92 Å². The SMILES string of the molecule is O=C(NC(c1ccccc1)C1CCC1)c1ccc2[nH]nc(-c3ccc(O[C@H]4C[C@H]5CC[C@@H](C4)N5C4COC4)cc3)c2c1. The first-order valence-corrected chi connectivity index (χ1v) is 15.7. The van der Waals surface area contributed by atoms with Crippen LogP contribution in [0.2, 0.25) is 0 Å². The Morgan fingerprint density at radius 2 is 1.69 bits per heavy atom. The third-order valence-corrected chi connectivity index (χ3v) is 10.1. The zero-order valence-electron chi connectivity index (χ0n) is 23.9. The Morgan fingerprint density at radius 3 is 2.36 bits per heavy atom. The second-order valence-corrected chi connectivity index (χ2v) is 12.6. The fraction of sp³-hybridized carbons (Fsp3) is 0.429. The zero-order chi connectivity index (χ0) is 28.0. The number of hydrogen-bond acceptors (Lipinski definition) is 5. The average Bonchev–Trinajstić information content (AvgIpc) is 3.49. The van der Waals surface area contributed by atoms with Crippen molar-refractivity contribution in [3.05, 3.63) is 83.9 Å². The molecule has 1 aliphatic carbocycles. The van der Waals surface area contributed by atoms with Gasteiger partial charge in [0.25, 0.3) is 5.91 Å². The molecule has 3 aliphatic heterocycles. The molecular formula is C35H38N4O3. The molecule has 1 saturated carbocycles. The van der Waals surface area contributed by atoms with Crippen LogP contribution in [0.25, 0.3) is 22.2 Å². The second kappa shape index (κ2) is 10.9. The minimum atomic E-state index is -0.0431. The Morgan fingerprint density at radius 1 is 0.929 bits per heavy atom. The molecule has 0 radical (unpaired) electrons. The van der Waals surface area contributed by atoms with Gasteiger partial charge in [0.15, 0.2) is 0 Å². The first kappa shape index (κ1) is 26.0. The highest BCUT2D eigenvalue weighted by atomic mass is 16.5. The lowest BCUT2D eigenvalue weighted by Gasteiger charge is -2.46. The first-order valence-electron chi connectivity index (χ1n) is 15.7. The van der Waals surface area contributed by atoms with Gasteiger partial charge in [0.05, 0.1) is 36.5 Å². The number of fused-ring (bicyclic) bond motifs is 3. The van der Waals surface area contributed by atoms with E-state index in [4.69, 9.17) is 9.47 Å². The van der Waals surface area contributed by atoms with Gasteiger partial charge in [0.1, 0.15) is 11.9 Å². The third-order valence-electron chi connectivity index (χ3n) is 10.1. The molecule has 3 aromatic carbocycles. The van der Waals surface area contributed by atoms with Gasteiger partial charge in [-0.05, 0) is 92.5 Å². The summed E-state index contributed by atoms with van der Waals surface area (Å²) < 4.78 is 12.0. The summed E-state index contributed by atoms with van der Waals surface area (Å²) in [4.78, 5) is 16.2. The molecule has 3 saturated heterocycles. The van der Waals surface area contributed by atoms with Gasteiger partial charge >= 0.3 is 0 Å². The van der Waals surface area contributed by atoms with Crippen molar-refractivity contribution in [2.45, 2.75) is 75.2 Å². The number of nitrogens with one attached hydrogen (secondary N) is 2. The molecule has 42 heavy (non-hydrogen) atoms. The van der Waals surface area contributed by atoms with E-state index in [1.54, 1.807) is 0 Å². The summed E-state index contributed by atoms with van der Waals surface area (Å²) in [7, 11) is 0. The van der Waals surface area contributed by atoms with Crippen LogP contribution in [0.3, 0.4) is 0 Å². The number of hydrogen-bond donors (Lipinski definition) is 2. The highest BCUT2D eigenvalue weighted by Crippen LogP contribution is 2.41. The molecule has 7 heteroatoms. The number of nitrogens with zero attached hydrogens (tertiary/aromatic N) is 2. The maximum Gasteiger partial charge on any atom is 0.251 e. The van der Waals surface area contributed by atoms with Gasteiger partial charge in [0, 0.05) is 28.6 Å². The standard InChI is InChI=1S/C35H38N4O3/c40-35(36-33(23-7-4-8-23)22-5-2-1-3-6-22)25-11-16-32-31(17-25)34(38-37-32)24-9-14-29(15-10-24)42-30-18-26-12-13-27(19-30)39(26)28-20-41-21-28/h1-3,5-6,9-11,14-17,23,26-28,30,33H,4,7-8,12-13,18-21H2,(H,36,40)(H,37,38)/t26-,27+,30+,33?. The Hall–Kier alpha value is -3.68. The lowest BCUT2D eigenvalue weighted by Crippen LogP contribution is -2.57. The van der Waals surface area contributed by atoms with Crippen LogP contribution in [0.1, 0.15) is 66.9 Å². The normalized spacial score (nSPS) is 25.1. The first-order chi connectivity index (χ1) is 20.7. The molecule has 4 aromatic rings. The molecule has 7 nitrogen and oxygen atoms in total. The topological polar surface area (TPSA) is 79.5 Å². The number of aromatic amines is 1. The lowest BCUT2D eigenvalue weighted by atomic mass is 9.77. The summed E-state index contributed by atoms with van der Waals surface area (Å²) in [5.41, 5.74) is 4.59. The predicted octanol–water partition coefficient (Wildman–Crippen LogP) is 6.27. The summed E-state index contributed by atoms with van der Waals surface area (Å²) in [5, 5.41) is 12.1. The van der Waals surface area contributed by atoms with Crippen molar-refractivity contribution in [1.29, 1.82) is 0 Å². The highest BCUT2D eigenvalue weighted by molar-refractivity contribution is 6.01. The summed E-state index contributed by atoms with van der Waals surface area (Å²) in [6.07, 6.45) is 8.54. The average molecular weight is 563 g/mol. The quantitative estimate of drug-likeness (QED) is 0.265. The smallest absolute Gasteiger partial charge is 0.251 e. The van der Waals surface area contributed by atoms with Crippen molar-refractivity contribution in [1.82, 2.24) is 20.4 Å². The number of amides is 1. The van der Waals surface area contributed by atoms with E-state index in [0.717, 1.165) is 66.8 Å². The van der Waals surface area contributed by atoms with Crippen molar-refractivity contribution < 1.29 is 14.3 Å². The lowest BCUT2D eigenvalue weighted by molar-refractivity contribution is -0.102. The summed E-state index contributed by atoms with van der Waals surface area (Å²) in [5.74, 6) is 1.36. The molecular weight excluding hydrogens is 524 g/mol. The Kier molecular flexibility index (Phi) is 6.72. The third kappa shape index (κ3) is 4.78. The predicted molar refractivity (Wildman–Crippen MR) is 162 cm³/mol. The molecule has 216 valence electrons. The summed E-state index contributed by atoms with van der Waals surface area (Å²) >= 11 is 0. The summed E-state index contributed by atoms with van der Waals surface area (Å²) in [6.45, 7) is 1.78. The Labute approximate surface area is 246 Å². The number of benzene rings is 3. The van der Waals surface area contributed by atoms with Gasteiger partial charge in [-0.3, -0.25) is 14.8 Å². The van der Waals surface area contributed by atoms with E-state index in [2.05, 4.69) is 56.8 Å². The van der Waals surface area contributed by atoms with Crippen LogP contribution in [0.5, 0.6) is 5.75 Å². The Balaban J connectivity index is 0.971. The van der Waals surface area contributed by atoms with E-state index in [1.165, 1.54) is 24.8 Å². The van der Waals surface area contributed by atoms with E-state index < -0.39 is 0 Å². The number of piperidine rings is 1. The molecule has 1 aromatic heterocycles. The van der Waals surface area contributed by atoms with Gasteiger partial charge in [-0.15, -0.1) is 0 Å². The van der Waals surface area contributed by atoms with Crippen LogP contribution in [-0.2, 0) is 4.74 Å². The summed E-state index contributed by atoms with van der Waals surface area (Å²) in [6, 6.07) is 26.3. The molecule has 8 rings (SSSR count). The number of ether oxygens (including phenoxy) is 2. The van der Waals surface area contributed by atoms with Gasteiger partial charge in [-0.2, -0.15) is 5.10 Å². The Bertz CT molecular complexity index is 1550. The molecule has 4 aliphatic rings. The number of carbonyl (C=O) groups is 1. The number of H-pyrrole nitrogens is 1. The largest absolute Gasteiger partial charge is 0.490 e. The van der Waals surface area contributed by atoms with Crippen LogP contribution in [-0.4, -0.2) is 58.4 Å². The molecule has 2 bridgehead atoms. The highest BCUT2D eigenvalue weighted by Gasteiger charge is 2.46. The van der Waals surface area contributed by atoms with Gasteiger partial charge in [-0.25, -0.2) is 0 Å². The molecule has 1 amide bonds. The van der Waals surface area contributed by atoms with Crippen molar-refractivity contribution in [3.63, 3.8) is 0 Å². The van der Waals surface area contributed by atoms with Crippen molar-refractivity contribution >= 4 is 16.8 Å². The van der Waals surface area contributed by atoms with Crippen molar-refractivity contribution in [2.75, 3.05) is 13.2 Å². The van der Waals surface area contributed by atoms with E-state index in [1.807, 2.05) is 36.4 Å². The molecule has 4 fully saturated rings. The maximum atomic E-state index is 13.5. The van der Waals surface area contributed by atoms with E-state index in [-0.39, 0.29) is 18.1 Å². The molecule has 2 N–H and O–H groups in total. The van der Waals surface area contributed by atoms with Crippen molar-refractivity contribution in [3.8, 4) is 17.0 Å². The molecule has 0 spiro atoms. The number of carbonyl (C=O) groups excluding carboxylic acids is 1. The molecule has 1 unspecified atom stereocenters. The van der Waals surface area contributed by atoms with E-state index in [9.17, 15) is 4.79 Å². The van der Waals surface area contributed by atoms with Crippen LogP contribution in [0, 0.1) is 5.92 Å². The zero-order valence-corrected chi connectivity index (χ0v) is 23.9. The fourth-order valence-corrected chi connectivity index (χ4v) is 7.64. The maximum absolute atomic E-state index is 13.5. The van der Waals surface area contributed by atoms with E-state index >= 15 is 0 Å². The van der Waals surface area contributed by atoms with Gasteiger partial charge in [0.2, 0.25) is 0 Å². The monoisotopic (exact) mass is 562 g/mol. The van der Waals surface area contributed by atoms with Crippen LogP contribution >= 0.6 is 0 Å². The van der Waals surface area contributed by atoms with E-state index in [0.29, 0.717) is 29.6 Å². The van der Waals surface area contributed by atoms with Gasteiger partial charge < -0.3 is 14.8 Å². The number of rotatable bonds is 8. The second-order valence-electron chi connectivity index (χ2n) is 12.6. The molecule has 4 heterocycles. The number of aromatic nitrogens is 2. The van der Waals surface area contributed by atoms with Crippen LogP contribution in [0.4, 0.5) is 0 Å².